The van der Waals surface area contributed by atoms with Crippen molar-refractivity contribution in [1.82, 2.24) is 4.57 Å². The van der Waals surface area contributed by atoms with Crippen LogP contribution in [0.5, 0.6) is 5.75 Å². The van der Waals surface area contributed by atoms with Crippen LogP contribution in [0.4, 0.5) is 0 Å². The number of benzene rings is 2. The Morgan fingerprint density at radius 2 is 2.00 bits per heavy atom. The maximum absolute atomic E-state index is 11.0. The van der Waals surface area contributed by atoms with E-state index >= 15 is 0 Å². The van der Waals surface area contributed by atoms with Crippen molar-refractivity contribution in [2.45, 2.75) is 6.61 Å². The van der Waals surface area contributed by atoms with Gasteiger partial charge in [-0.2, -0.15) is 0 Å². The van der Waals surface area contributed by atoms with E-state index in [0.717, 1.165) is 22.2 Å². The van der Waals surface area contributed by atoms with Gasteiger partial charge in [0.25, 0.3) is 0 Å². The summed E-state index contributed by atoms with van der Waals surface area (Å²) in [5.74, 6) is -0.137. The number of hydrogen-bond donors (Lipinski definition) is 1. The summed E-state index contributed by atoms with van der Waals surface area (Å²) in [6, 6.07) is 14.7. The van der Waals surface area contributed by atoms with E-state index in [0.29, 0.717) is 6.61 Å². The van der Waals surface area contributed by atoms with E-state index in [1.54, 1.807) is 18.2 Å². The van der Waals surface area contributed by atoms with Crippen molar-refractivity contribution in [3.05, 3.63) is 65.9 Å². The lowest BCUT2D eigenvalue weighted by molar-refractivity contribution is 0.0696. The maximum atomic E-state index is 11.0. The molecule has 0 spiro atoms. The van der Waals surface area contributed by atoms with Crippen molar-refractivity contribution >= 4 is 16.9 Å². The minimum Gasteiger partial charge on any atom is -0.487 e. The highest BCUT2D eigenvalue weighted by molar-refractivity contribution is 5.88. The fraction of sp³-hybridized carbons (Fsp3) is 0.118. The molecular formula is C17H15NO3. The second kappa shape index (κ2) is 5.32. The molecule has 0 saturated carbocycles. The van der Waals surface area contributed by atoms with Gasteiger partial charge in [0.2, 0.25) is 0 Å². The van der Waals surface area contributed by atoms with E-state index in [9.17, 15) is 4.79 Å². The lowest BCUT2D eigenvalue weighted by Crippen LogP contribution is -2.01. The summed E-state index contributed by atoms with van der Waals surface area (Å²) in [7, 11) is 1.97. The monoisotopic (exact) mass is 281 g/mol. The van der Waals surface area contributed by atoms with Gasteiger partial charge in [0, 0.05) is 18.6 Å². The van der Waals surface area contributed by atoms with E-state index in [4.69, 9.17) is 9.84 Å². The standard InChI is InChI=1S/C17H15NO3/c1-18-9-8-13-5-3-7-15(16(13)18)21-11-12-4-2-6-14(10-12)17(19)20/h2-10H,11H2,1H3,(H,19,20). The number of aromatic carboxylic acids is 1. The highest BCUT2D eigenvalue weighted by Crippen LogP contribution is 2.26. The van der Waals surface area contributed by atoms with Gasteiger partial charge in [-0.3, -0.25) is 0 Å². The lowest BCUT2D eigenvalue weighted by atomic mass is 10.1. The number of carboxylic acid groups (broad SMARTS) is 1. The Hall–Kier alpha value is -2.75. The first-order chi connectivity index (χ1) is 10.1. The van der Waals surface area contributed by atoms with Gasteiger partial charge in [-0.1, -0.05) is 24.3 Å². The number of aromatic nitrogens is 1. The summed E-state index contributed by atoms with van der Waals surface area (Å²) in [5, 5.41) is 10.1. The number of fused-ring (bicyclic) bond motifs is 1. The fourth-order valence-corrected chi connectivity index (χ4v) is 2.39. The average molecular weight is 281 g/mol. The molecular weight excluding hydrogens is 266 g/mol. The van der Waals surface area contributed by atoms with Crippen LogP contribution in [0.1, 0.15) is 15.9 Å². The predicted octanol–water partition coefficient (Wildman–Crippen LogP) is 3.46. The Balaban J connectivity index is 1.85. The molecule has 3 aromatic rings. The van der Waals surface area contributed by atoms with Crippen molar-refractivity contribution in [3.63, 3.8) is 0 Å². The Morgan fingerprint density at radius 3 is 2.81 bits per heavy atom. The van der Waals surface area contributed by atoms with Gasteiger partial charge >= 0.3 is 5.97 Å². The highest BCUT2D eigenvalue weighted by Gasteiger charge is 2.07. The van der Waals surface area contributed by atoms with Crippen molar-refractivity contribution in [2.24, 2.45) is 7.05 Å². The Labute approximate surface area is 122 Å². The smallest absolute Gasteiger partial charge is 0.335 e. The predicted molar refractivity (Wildman–Crippen MR) is 80.7 cm³/mol. The molecule has 1 heterocycles. The van der Waals surface area contributed by atoms with Crippen molar-refractivity contribution in [1.29, 1.82) is 0 Å². The van der Waals surface area contributed by atoms with Crippen LogP contribution in [0.2, 0.25) is 0 Å². The SMILES string of the molecule is Cn1ccc2cccc(OCc3cccc(C(=O)O)c3)c21. The molecule has 0 fully saturated rings. The zero-order chi connectivity index (χ0) is 14.8. The second-order valence-electron chi connectivity index (χ2n) is 4.91. The van der Waals surface area contributed by atoms with Crippen LogP contribution in [0.15, 0.2) is 54.7 Å². The number of ether oxygens (including phenoxy) is 1. The molecule has 0 saturated heterocycles. The van der Waals surface area contributed by atoms with E-state index in [1.807, 2.05) is 48.1 Å². The van der Waals surface area contributed by atoms with Gasteiger partial charge in [0.1, 0.15) is 12.4 Å². The molecule has 106 valence electrons. The third kappa shape index (κ3) is 2.60. The van der Waals surface area contributed by atoms with Crippen molar-refractivity contribution in [2.75, 3.05) is 0 Å². The number of para-hydroxylation sites is 1. The van der Waals surface area contributed by atoms with Crippen LogP contribution in [0.3, 0.4) is 0 Å². The molecule has 0 aliphatic rings. The molecule has 0 aliphatic heterocycles. The largest absolute Gasteiger partial charge is 0.487 e. The summed E-state index contributed by atoms with van der Waals surface area (Å²) < 4.78 is 7.88. The summed E-state index contributed by atoms with van der Waals surface area (Å²) in [6.07, 6.45) is 1.99. The molecule has 21 heavy (non-hydrogen) atoms. The normalized spacial score (nSPS) is 10.7. The molecule has 0 atom stereocenters. The van der Waals surface area contributed by atoms with Crippen molar-refractivity contribution in [3.8, 4) is 5.75 Å². The zero-order valence-electron chi connectivity index (χ0n) is 11.6. The Kier molecular flexibility index (Phi) is 3.36. The minimum absolute atomic E-state index is 0.271. The first-order valence-electron chi connectivity index (χ1n) is 6.64. The van der Waals surface area contributed by atoms with Gasteiger partial charge in [0.05, 0.1) is 11.1 Å². The average Bonchev–Trinajstić information content (AvgIpc) is 2.88. The summed E-state index contributed by atoms with van der Waals surface area (Å²) in [4.78, 5) is 11.0. The van der Waals surface area contributed by atoms with Crippen LogP contribution < -0.4 is 4.74 Å². The number of carbonyl (C=O) groups is 1. The van der Waals surface area contributed by atoms with E-state index in [-0.39, 0.29) is 5.56 Å². The molecule has 3 rings (SSSR count). The Bertz CT molecular complexity index is 805. The number of rotatable bonds is 4. The molecule has 0 radical (unpaired) electrons. The fourth-order valence-electron chi connectivity index (χ4n) is 2.39. The summed E-state index contributed by atoms with van der Waals surface area (Å²) in [5.41, 5.74) is 2.14. The molecule has 1 aromatic heterocycles. The van der Waals surface area contributed by atoms with Gasteiger partial charge in [0.15, 0.2) is 0 Å². The second-order valence-corrected chi connectivity index (χ2v) is 4.91. The molecule has 0 unspecified atom stereocenters. The molecule has 2 aromatic carbocycles. The summed E-state index contributed by atoms with van der Waals surface area (Å²) >= 11 is 0. The van der Waals surface area contributed by atoms with Gasteiger partial charge in [-0.05, 0) is 29.8 Å². The molecule has 1 N–H and O–H groups in total. The number of aryl methyl sites for hydroxylation is 1. The van der Waals surface area contributed by atoms with E-state index in [1.165, 1.54) is 0 Å². The first-order valence-corrected chi connectivity index (χ1v) is 6.64. The highest BCUT2D eigenvalue weighted by atomic mass is 16.5. The van der Waals surface area contributed by atoms with E-state index in [2.05, 4.69) is 0 Å². The number of hydrogen-bond acceptors (Lipinski definition) is 2. The van der Waals surface area contributed by atoms with E-state index < -0.39 is 5.97 Å². The molecule has 0 bridgehead atoms. The van der Waals surface area contributed by atoms with Crippen LogP contribution >= 0.6 is 0 Å². The van der Waals surface area contributed by atoms with Crippen molar-refractivity contribution < 1.29 is 14.6 Å². The van der Waals surface area contributed by atoms with Crippen LogP contribution in [0.25, 0.3) is 10.9 Å². The van der Waals surface area contributed by atoms with Crippen LogP contribution in [-0.2, 0) is 13.7 Å². The minimum atomic E-state index is -0.929. The third-order valence-corrected chi connectivity index (χ3v) is 3.43. The quantitative estimate of drug-likeness (QED) is 0.796. The Morgan fingerprint density at radius 1 is 1.19 bits per heavy atom. The van der Waals surface area contributed by atoms with Gasteiger partial charge < -0.3 is 14.4 Å². The van der Waals surface area contributed by atoms with Gasteiger partial charge in [-0.15, -0.1) is 0 Å². The first kappa shape index (κ1) is 13.2. The topological polar surface area (TPSA) is 51.5 Å². The number of nitrogens with zero attached hydrogens (tertiary/aromatic N) is 1. The lowest BCUT2D eigenvalue weighted by Gasteiger charge is -2.09. The molecule has 0 aliphatic carbocycles. The number of carboxylic acids is 1. The zero-order valence-corrected chi connectivity index (χ0v) is 11.6. The summed E-state index contributed by atoms with van der Waals surface area (Å²) in [6.45, 7) is 0.339. The van der Waals surface area contributed by atoms with Crippen LogP contribution in [-0.4, -0.2) is 15.6 Å². The van der Waals surface area contributed by atoms with Gasteiger partial charge in [-0.25, -0.2) is 4.79 Å². The third-order valence-electron chi connectivity index (χ3n) is 3.43. The molecule has 4 nitrogen and oxygen atoms in total. The maximum Gasteiger partial charge on any atom is 0.335 e. The van der Waals surface area contributed by atoms with Crippen LogP contribution in [0, 0.1) is 0 Å². The molecule has 0 amide bonds. The molecule has 4 heteroatoms.